The summed E-state index contributed by atoms with van der Waals surface area (Å²) in [5.74, 6) is 1.26. The Labute approximate surface area is 152 Å². The van der Waals surface area contributed by atoms with E-state index in [1.807, 2.05) is 18.2 Å². The third-order valence-corrected chi connectivity index (χ3v) is 5.80. The molecule has 5 heteroatoms. The maximum atomic E-state index is 12.3. The Morgan fingerprint density at radius 3 is 2.84 bits per heavy atom. The van der Waals surface area contributed by atoms with E-state index in [1.54, 1.807) is 4.90 Å². The molecular formula is C20H21N3OS. The maximum Gasteiger partial charge on any atom is 0.239 e. The molecule has 2 aromatic rings. The smallest absolute Gasteiger partial charge is 0.239 e. The Hall–Kier alpha value is -2.14. The van der Waals surface area contributed by atoms with Gasteiger partial charge in [-0.3, -0.25) is 9.69 Å². The summed E-state index contributed by atoms with van der Waals surface area (Å²) in [6.07, 6.45) is 3.24. The zero-order valence-corrected chi connectivity index (χ0v) is 15.1. The highest BCUT2D eigenvalue weighted by Crippen LogP contribution is 2.27. The molecule has 1 aliphatic heterocycles. The molecule has 128 valence electrons. The molecule has 0 N–H and O–H groups in total. The molecule has 4 nitrogen and oxygen atoms in total. The molecule has 1 unspecified atom stereocenters. The van der Waals surface area contributed by atoms with Gasteiger partial charge in [0.25, 0.3) is 0 Å². The molecule has 2 aliphatic rings. The number of hydrogen-bond donors (Lipinski definition) is 0. The third-order valence-electron chi connectivity index (χ3n) is 4.85. The number of amidine groups is 1. The van der Waals surface area contributed by atoms with E-state index in [4.69, 9.17) is 0 Å². The Balaban J connectivity index is 1.60. The summed E-state index contributed by atoms with van der Waals surface area (Å²) < 4.78 is 0. The Bertz CT molecular complexity index is 869. The average molecular weight is 351 g/mol. The summed E-state index contributed by atoms with van der Waals surface area (Å²) in [4.78, 5) is 14.1. The van der Waals surface area contributed by atoms with Crippen molar-refractivity contribution in [2.24, 2.45) is 16.1 Å². The first-order chi connectivity index (χ1) is 12.2. The van der Waals surface area contributed by atoms with Crippen molar-refractivity contribution in [3.63, 3.8) is 0 Å². The number of carbonyl (C=O) groups is 1. The molecular weight excluding hydrogens is 330 g/mol. The molecule has 2 aromatic carbocycles. The van der Waals surface area contributed by atoms with Crippen molar-refractivity contribution in [1.29, 1.82) is 0 Å². The number of amides is 1. The van der Waals surface area contributed by atoms with Crippen molar-refractivity contribution in [3.8, 4) is 0 Å². The van der Waals surface area contributed by atoms with Gasteiger partial charge in [0.2, 0.25) is 5.91 Å². The van der Waals surface area contributed by atoms with Crippen LogP contribution in [-0.4, -0.2) is 27.4 Å². The number of nitrogens with zero attached hydrogens (tertiary/aromatic N) is 3. The van der Waals surface area contributed by atoms with Crippen molar-refractivity contribution in [2.75, 3.05) is 5.75 Å². The summed E-state index contributed by atoms with van der Waals surface area (Å²) in [5, 5.41) is 12.0. The number of thioether (sulfide) groups is 1. The third kappa shape index (κ3) is 3.47. The molecule has 1 saturated heterocycles. The van der Waals surface area contributed by atoms with Crippen LogP contribution in [0.5, 0.6) is 0 Å². The lowest BCUT2D eigenvalue weighted by molar-refractivity contribution is -0.124. The molecule has 0 spiro atoms. The summed E-state index contributed by atoms with van der Waals surface area (Å²) in [6.45, 7) is 2.80. The van der Waals surface area contributed by atoms with Crippen molar-refractivity contribution in [1.82, 2.24) is 4.90 Å². The topological polar surface area (TPSA) is 45.0 Å². The number of benzene rings is 2. The first-order valence-electron chi connectivity index (χ1n) is 8.74. The van der Waals surface area contributed by atoms with Crippen LogP contribution in [0.1, 0.15) is 31.7 Å². The SMILES string of the molecule is CC1CC/C(=N\N=C2/SCC(=O)N2Cc2cccc3ccccc23)C1. The number of rotatable bonds is 3. The van der Waals surface area contributed by atoms with E-state index < -0.39 is 0 Å². The second kappa shape index (κ2) is 7.00. The molecule has 1 amide bonds. The molecule has 0 aromatic heterocycles. The van der Waals surface area contributed by atoms with Gasteiger partial charge in [-0.15, -0.1) is 5.10 Å². The zero-order chi connectivity index (χ0) is 17.2. The lowest BCUT2D eigenvalue weighted by Gasteiger charge is -2.16. The van der Waals surface area contributed by atoms with Gasteiger partial charge in [-0.2, -0.15) is 5.10 Å². The summed E-state index contributed by atoms with van der Waals surface area (Å²) in [5.41, 5.74) is 2.30. The maximum absolute atomic E-state index is 12.3. The van der Waals surface area contributed by atoms with Crippen molar-refractivity contribution < 1.29 is 4.79 Å². The van der Waals surface area contributed by atoms with Gasteiger partial charge in [0.15, 0.2) is 5.17 Å². The van der Waals surface area contributed by atoms with Crippen LogP contribution < -0.4 is 0 Å². The molecule has 4 rings (SSSR count). The van der Waals surface area contributed by atoms with Crippen LogP contribution in [0.15, 0.2) is 52.7 Å². The van der Waals surface area contributed by atoms with Gasteiger partial charge in [-0.1, -0.05) is 61.2 Å². The van der Waals surface area contributed by atoms with Gasteiger partial charge in [0.1, 0.15) is 0 Å². The minimum absolute atomic E-state index is 0.108. The first-order valence-corrected chi connectivity index (χ1v) is 9.72. The number of fused-ring (bicyclic) bond motifs is 1. The molecule has 2 fully saturated rings. The normalized spacial score (nSPS) is 24.1. The van der Waals surface area contributed by atoms with Crippen LogP contribution in [0.2, 0.25) is 0 Å². The lowest BCUT2D eigenvalue weighted by atomic mass is 10.0. The van der Waals surface area contributed by atoms with E-state index in [9.17, 15) is 4.79 Å². The molecule has 0 radical (unpaired) electrons. The van der Waals surface area contributed by atoms with Crippen molar-refractivity contribution in [2.45, 2.75) is 32.7 Å². The van der Waals surface area contributed by atoms with Crippen LogP contribution in [0.3, 0.4) is 0 Å². The highest BCUT2D eigenvalue weighted by molar-refractivity contribution is 8.15. The van der Waals surface area contributed by atoms with E-state index in [0.717, 1.165) is 29.3 Å². The number of hydrogen-bond acceptors (Lipinski definition) is 4. The highest BCUT2D eigenvalue weighted by atomic mass is 32.2. The predicted molar refractivity (Wildman–Crippen MR) is 105 cm³/mol. The quantitative estimate of drug-likeness (QED) is 0.767. The largest absolute Gasteiger partial charge is 0.285 e. The summed E-state index contributed by atoms with van der Waals surface area (Å²) in [7, 11) is 0. The zero-order valence-electron chi connectivity index (χ0n) is 14.3. The second-order valence-electron chi connectivity index (χ2n) is 6.80. The minimum atomic E-state index is 0.108. The van der Waals surface area contributed by atoms with Crippen LogP contribution in [0, 0.1) is 5.92 Å². The average Bonchev–Trinajstić information content (AvgIpc) is 3.20. The molecule has 25 heavy (non-hydrogen) atoms. The monoisotopic (exact) mass is 351 g/mol. The molecule has 1 atom stereocenters. The first kappa shape index (κ1) is 16.3. The Kier molecular flexibility index (Phi) is 4.57. The fraction of sp³-hybridized carbons (Fsp3) is 0.350. The van der Waals surface area contributed by atoms with Crippen LogP contribution in [0.4, 0.5) is 0 Å². The minimum Gasteiger partial charge on any atom is -0.285 e. The molecule has 1 heterocycles. The fourth-order valence-electron chi connectivity index (χ4n) is 3.45. The van der Waals surface area contributed by atoms with E-state index in [-0.39, 0.29) is 5.91 Å². The molecule has 1 aliphatic carbocycles. The molecule has 0 bridgehead atoms. The van der Waals surface area contributed by atoms with Crippen LogP contribution in [0.25, 0.3) is 10.8 Å². The van der Waals surface area contributed by atoms with Gasteiger partial charge in [-0.25, -0.2) is 0 Å². The Morgan fingerprint density at radius 1 is 1.16 bits per heavy atom. The van der Waals surface area contributed by atoms with Gasteiger partial charge in [0.05, 0.1) is 12.3 Å². The van der Waals surface area contributed by atoms with Gasteiger partial charge >= 0.3 is 0 Å². The van der Waals surface area contributed by atoms with E-state index in [1.165, 1.54) is 29.0 Å². The summed E-state index contributed by atoms with van der Waals surface area (Å²) >= 11 is 1.49. The van der Waals surface area contributed by atoms with E-state index in [0.29, 0.717) is 18.2 Å². The van der Waals surface area contributed by atoms with Gasteiger partial charge in [0, 0.05) is 5.71 Å². The van der Waals surface area contributed by atoms with Gasteiger partial charge in [-0.05, 0) is 41.5 Å². The standard InChI is InChI=1S/C20H21N3OS/c1-14-9-10-17(11-14)21-22-20-23(19(24)13-25-20)12-16-7-4-6-15-5-2-3-8-18(15)16/h2-8,14H,9-13H2,1H3/b21-17+,22-20-. The van der Waals surface area contributed by atoms with Crippen molar-refractivity contribution >= 4 is 39.3 Å². The predicted octanol–water partition coefficient (Wildman–Crippen LogP) is 4.45. The van der Waals surface area contributed by atoms with Gasteiger partial charge < -0.3 is 0 Å². The van der Waals surface area contributed by atoms with E-state index in [2.05, 4.69) is 41.4 Å². The fourth-order valence-corrected chi connectivity index (χ4v) is 4.28. The second-order valence-corrected chi connectivity index (χ2v) is 7.75. The van der Waals surface area contributed by atoms with E-state index >= 15 is 0 Å². The highest BCUT2D eigenvalue weighted by Gasteiger charge is 2.29. The Morgan fingerprint density at radius 2 is 2.00 bits per heavy atom. The van der Waals surface area contributed by atoms with Crippen LogP contribution >= 0.6 is 11.8 Å². The summed E-state index contributed by atoms with van der Waals surface area (Å²) in [6, 6.07) is 14.5. The molecule has 1 saturated carbocycles. The lowest BCUT2D eigenvalue weighted by Crippen LogP contribution is -2.29. The van der Waals surface area contributed by atoms with Crippen LogP contribution in [-0.2, 0) is 11.3 Å². The van der Waals surface area contributed by atoms with Crippen molar-refractivity contribution in [3.05, 3.63) is 48.0 Å². The number of carbonyl (C=O) groups excluding carboxylic acids is 1.